The molecule has 0 amide bonds. The number of hydrogen-bond acceptors (Lipinski definition) is 7. The summed E-state index contributed by atoms with van der Waals surface area (Å²) in [5, 5.41) is 18.1. The first-order valence-corrected chi connectivity index (χ1v) is 9.62. The van der Waals surface area contributed by atoms with Crippen molar-refractivity contribution in [3.05, 3.63) is 35.8 Å². The lowest BCUT2D eigenvalue weighted by molar-refractivity contribution is -0.347. The molecule has 10 heteroatoms. The highest BCUT2D eigenvalue weighted by Crippen LogP contribution is 2.39. The Balaban J connectivity index is 1.76. The molecule has 0 aliphatic carbocycles. The summed E-state index contributed by atoms with van der Waals surface area (Å²) in [4.78, 5) is 11.8. The van der Waals surface area contributed by atoms with Crippen LogP contribution in [-0.2, 0) is 23.7 Å². The Hall–Kier alpha value is -2.40. The molecule has 1 N–H and O–H groups in total. The van der Waals surface area contributed by atoms with Crippen LogP contribution in [-0.4, -0.2) is 70.0 Å². The molecule has 162 valence electrons. The first-order valence-electron chi connectivity index (χ1n) is 9.62. The first kappa shape index (κ1) is 20.9. The van der Waals surface area contributed by atoms with E-state index in [1.807, 2.05) is 0 Å². The lowest BCUT2D eigenvalue weighted by atomic mass is 9.91. The molecule has 2 fully saturated rings. The summed E-state index contributed by atoms with van der Waals surface area (Å²) < 4.78 is 38.5. The van der Waals surface area contributed by atoms with Gasteiger partial charge in [-0.1, -0.05) is 17.3 Å². The van der Waals surface area contributed by atoms with E-state index in [2.05, 4.69) is 10.3 Å². The van der Waals surface area contributed by atoms with Crippen molar-refractivity contribution in [3.8, 4) is 11.3 Å². The van der Waals surface area contributed by atoms with E-state index in [9.17, 15) is 14.3 Å². The van der Waals surface area contributed by atoms with E-state index in [1.165, 1.54) is 17.9 Å². The Morgan fingerprint density at radius 3 is 2.87 bits per heavy atom. The maximum atomic E-state index is 14.0. The van der Waals surface area contributed by atoms with E-state index in [1.54, 1.807) is 39.1 Å². The Morgan fingerprint density at radius 1 is 1.40 bits per heavy atom. The molecule has 0 unspecified atom stereocenters. The summed E-state index contributed by atoms with van der Waals surface area (Å²) >= 11 is 0. The molecule has 2 saturated heterocycles. The molecule has 5 atom stereocenters. The monoisotopic (exact) mass is 421 g/mol. The molecule has 0 radical (unpaired) electrons. The summed E-state index contributed by atoms with van der Waals surface area (Å²) in [6.07, 6.45) is -1.69. The van der Waals surface area contributed by atoms with E-state index in [-0.39, 0.29) is 12.4 Å². The topological polar surface area (TPSA) is 105 Å². The largest absolute Gasteiger partial charge is 0.479 e. The smallest absolute Gasteiger partial charge is 0.335 e. The molecule has 2 aliphatic heterocycles. The molecule has 4 rings (SSSR count). The molecular weight excluding hydrogens is 397 g/mol. The van der Waals surface area contributed by atoms with Gasteiger partial charge in [0.15, 0.2) is 11.9 Å². The number of carboxylic acids is 1. The summed E-state index contributed by atoms with van der Waals surface area (Å²) in [5.41, 5.74) is 1.51. The highest BCUT2D eigenvalue weighted by atomic mass is 19.1. The molecule has 30 heavy (non-hydrogen) atoms. The van der Waals surface area contributed by atoms with Crippen molar-refractivity contribution in [1.29, 1.82) is 0 Å². The maximum Gasteiger partial charge on any atom is 0.335 e. The highest BCUT2D eigenvalue weighted by molar-refractivity contribution is 5.73. The van der Waals surface area contributed by atoms with Crippen molar-refractivity contribution in [2.24, 2.45) is 0 Å². The van der Waals surface area contributed by atoms with Gasteiger partial charge in [-0.3, -0.25) is 0 Å². The minimum Gasteiger partial charge on any atom is -0.479 e. The number of carbonyl (C=O) groups is 1. The number of aliphatic carboxylic acids is 1. The van der Waals surface area contributed by atoms with Gasteiger partial charge in [-0.2, -0.15) is 0 Å². The molecular formula is C20H24FN3O6. The van der Waals surface area contributed by atoms with Gasteiger partial charge in [-0.25, -0.2) is 13.9 Å². The van der Waals surface area contributed by atoms with Crippen LogP contribution in [0.2, 0.25) is 0 Å². The van der Waals surface area contributed by atoms with Gasteiger partial charge in [0.05, 0.1) is 12.8 Å². The van der Waals surface area contributed by atoms with Gasteiger partial charge in [-0.15, -0.1) is 5.10 Å². The quantitative estimate of drug-likeness (QED) is 0.799. The molecule has 3 heterocycles. The Morgan fingerprint density at radius 2 is 2.17 bits per heavy atom. The minimum absolute atomic E-state index is 0.166. The van der Waals surface area contributed by atoms with Gasteiger partial charge in [-0.05, 0) is 32.4 Å². The van der Waals surface area contributed by atoms with E-state index >= 15 is 0 Å². The predicted octanol–water partition coefficient (Wildman–Crippen LogP) is 1.95. The highest BCUT2D eigenvalue weighted by Gasteiger charge is 2.54. The number of ether oxygens (including phenoxy) is 4. The van der Waals surface area contributed by atoms with Gasteiger partial charge >= 0.3 is 5.97 Å². The molecule has 9 nitrogen and oxygen atoms in total. The fourth-order valence-corrected chi connectivity index (χ4v) is 4.05. The minimum atomic E-state index is -1.24. The van der Waals surface area contributed by atoms with Crippen LogP contribution in [0.4, 0.5) is 4.39 Å². The van der Waals surface area contributed by atoms with Crippen molar-refractivity contribution >= 4 is 5.97 Å². The second-order valence-corrected chi connectivity index (χ2v) is 7.91. The van der Waals surface area contributed by atoms with Gasteiger partial charge in [0.25, 0.3) is 0 Å². The third-order valence-corrected chi connectivity index (χ3v) is 5.55. The standard InChI is InChI=1S/C20H24FN3O6/c1-10-11(6-5-7-12(10)21)13-8-24(23-22-13)15-16-14(9-28-20(2,3)30-16)29-18(19(25)26)17(15)27-4/h5-8,14-18H,9H2,1-4H3,(H,25,26)/t14-,15+,16+,17-,18-/m1/s1. The van der Waals surface area contributed by atoms with E-state index in [0.717, 1.165) is 0 Å². The predicted molar refractivity (Wildman–Crippen MR) is 101 cm³/mol. The van der Waals surface area contributed by atoms with Crippen molar-refractivity contribution in [3.63, 3.8) is 0 Å². The first-order chi connectivity index (χ1) is 14.2. The fraction of sp³-hybridized carbons (Fsp3) is 0.550. The SMILES string of the molecule is CO[C@@H]1[C@@H](n2cc(-c3cccc(F)c3C)nn2)[C@H]2OC(C)(C)OC[C@H]2O[C@H]1C(=O)O. The third-order valence-electron chi connectivity index (χ3n) is 5.55. The summed E-state index contributed by atoms with van der Waals surface area (Å²) in [6, 6.07) is 4.08. The average Bonchev–Trinajstić information content (AvgIpc) is 3.17. The Labute approximate surface area is 172 Å². The lowest BCUT2D eigenvalue weighted by Crippen LogP contribution is -2.64. The Kier molecular flexibility index (Phi) is 5.35. The number of methoxy groups -OCH3 is 1. The number of carboxylic acid groups (broad SMARTS) is 1. The van der Waals surface area contributed by atoms with E-state index in [0.29, 0.717) is 16.8 Å². The number of halogens is 1. The molecule has 0 spiro atoms. The molecule has 2 aliphatic rings. The molecule has 2 aromatic rings. The molecule has 1 aromatic carbocycles. The number of rotatable bonds is 4. The van der Waals surface area contributed by atoms with Crippen LogP contribution in [0.5, 0.6) is 0 Å². The van der Waals surface area contributed by atoms with Crippen LogP contribution >= 0.6 is 0 Å². The van der Waals surface area contributed by atoms with Crippen LogP contribution in [0.25, 0.3) is 11.3 Å². The Bertz CT molecular complexity index is 948. The van der Waals surface area contributed by atoms with Crippen molar-refractivity contribution in [1.82, 2.24) is 15.0 Å². The lowest BCUT2D eigenvalue weighted by Gasteiger charge is -2.50. The summed E-state index contributed by atoms with van der Waals surface area (Å²) in [5.74, 6) is -2.39. The van der Waals surface area contributed by atoms with Crippen LogP contribution in [0.1, 0.15) is 25.5 Å². The van der Waals surface area contributed by atoms with Crippen molar-refractivity contribution in [2.75, 3.05) is 13.7 Å². The van der Waals surface area contributed by atoms with Crippen LogP contribution in [0.15, 0.2) is 24.4 Å². The van der Waals surface area contributed by atoms with Crippen LogP contribution in [0, 0.1) is 12.7 Å². The second-order valence-electron chi connectivity index (χ2n) is 7.91. The van der Waals surface area contributed by atoms with Gasteiger partial charge < -0.3 is 24.1 Å². The second kappa shape index (κ2) is 7.69. The summed E-state index contributed by atoms with van der Waals surface area (Å²) in [6.45, 7) is 5.37. The van der Waals surface area contributed by atoms with Gasteiger partial charge in [0.1, 0.15) is 35.9 Å². The average molecular weight is 421 g/mol. The number of benzene rings is 1. The molecule has 0 saturated carbocycles. The zero-order valence-electron chi connectivity index (χ0n) is 17.1. The zero-order chi connectivity index (χ0) is 21.6. The number of hydrogen-bond donors (Lipinski definition) is 1. The summed E-state index contributed by atoms with van der Waals surface area (Å²) in [7, 11) is 1.41. The van der Waals surface area contributed by atoms with E-state index in [4.69, 9.17) is 18.9 Å². The number of fused-ring (bicyclic) bond motifs is 1. The van der Waals surface area contributed by atoms with Crippen molar-refractivity contribution in [2.45, 2.75) is 57.0 Å². The van der Waals surface area contributed by atoms with E-state index < -0.39 is 42.2 Å². The van der Waals surface area contributed by atoms with Gasteiger partial charge in [0.2, 0.25) is 0 Å². The fourth-order valence-electron chi connectivity index (χ4n) is 4.05. The third kappa shape index (κ3) is 3.60. The number of aromatic nitrogens is 3. The number of nitrogens with zero attached hydrogens (tertiary/aromatic N) is 3. The van der Waals surface area contributed by atoms with Gasteiger partial charge in [0, 0.05) is 12.7 Å². The maximum absolute atomic E-state index is 14.0. The van der Waals surface area contributed by atoms with Crippen molar-refractivity contribution < 1.29 is 33.2 Å². The normalized spacial score (nSPS) is 30.6. The van der Waals surface area contributed by atoms with Crippen LogP contribution in [0.3, 0.4) is 0 Å². The molecule has 0 bridgehead atoms. The zero-order valence-corrected chi connectivity index (χ0v) is 17.1. The molecule has 1 aromatic heterocycles. The van der Waals surface area contributed by atoms with Crippen LogP contribution < -0.4 is 0 Å².